The first-order valence-electron chi connectivity index (χ1n) is 5.29. The van der Waals surface area contributed by atoms with Crippen LogP contribution < -0.4 is 5.32 Å². The summed E-state index contributed by atoms with van der Waals surface area (Å²) < 4.78 is 0. The summed E-state index contributed by atoms with van der Waals surface area (Å²) in [7, 11) is 0. The smallest absolute Gasteiger partial charge is 0.0693 e. The molecule has 3 atom stereocenters. The maximum Gasteiger partial charge on any atom is 0.0693 e. The van der Waals surface area contributed by atoms with Crippen LogP contribution >= 0.6 is 0 Å². The molecule has 1 aliphatic carbocycles. The molecule has 0 aromatic heterocycles. The van der Waals surface area contributed by atoms with Crippen molar-refractivity contribution < 1.29 is 10.2 Å². The molecule has 0 aromatic rings. The molecule has 1 rings (SSSR count). The van der Waals surface area contributed by atoms with Crippen LogP contribution in [-0.2, 0) is 0 Å². The lowest BCUT2D eigenvalue weighted by Crippen LogP contribution is -2.42. The van der Waals surface area contributed by atoms with Gasteiger partial charge in [0.05, 0.1) is 12.2 Å². The summed E-state index contributed by atoms with van der Waals surface area (Å²) in [6, 6.07) is 0.257. The quantitative estimate of drug-likeness (QED) is 0.605. The summed E-state index contributed by atoms with van der Waals surface area (Å²) in [4.78, 5) is 0. The fraction of sp³-hybridized carbons (Fsp3) is 1.00. The van der Waals surface area contributed by atoms with Gasteiger partial charge in [0, 0.05) is 6.04 Å². The van der Waals surface area contributed by atoms with Crippen LogP contribution in [0.15, 0.2) is 0 Å². The molecule has 1 saturated carbocycles. The van der Waals surface area contributed by atoms with Gasteiger partial charge in [-0.05, 0) is 32.7 Å². The van der Waals surface area contributed by atoms with E-state index in [0.717, 1.165) is 32.2 Å². The van der Waals surface area contributed by atoms with Gasteiger partial charge in [-0.15, -0.1) is 0 Å². The van der Waals surface area contributed by atoms with E-state index in [-0.39, 0.29) is 18.2 Å². The van der Waals surface area contributed by atoms with Gasteiger partial charge in [-0.3, -0.25) is 0 Å². The zero-order chi connectivity index (χ0) is 9.68. The Balaban J connectivity index is 2.11. The highest BCUT2D eigenvalue weighted by Gasteiger charge is 2.21. The molecule has 0 radical (unpaired) electrons. The van der Waals surface area contributed by atoms with Gasteiger partial charge in [0.1, 0.15) is 0 Å². The lowest BCUT2D eigenvalue weighted by molar-refractivity contribution is 0.0879. The van der Waals surface area contributed by atoms with E-state index in [1.807, 2.05) is 0 Å². The van der Waals surface area contributed by atoms with Crippen LogP contribution in [0.25, 0.3) is 0 Å². The van der Waals surface area contributed by atoms with Gasteiger partial charge in [-0.2, -0.15) is 0 Å². The molecule has 3 N–H and O–H groups in total. The van der Waals surface area contributed by atoms with Gasteiger partial charge in [0.15, 0.2) is 0 Å². The molecule has 3 unspecified atom stereocenters. The van der Waals surface area contributed by atoms with Crippen molar-refractivity contribution in [2.24, 2.45) is 0 Å². The van der Waals surface area contributed by atoms with Gasteiger partial charge < -0.3 is 15.5 Å². The number of aliphatic hydroxyl groups excluding tert-OH is 2. The molecule has 1 fully saturated rings. The van der Waals surface area contributed by atoms with E-state index in [1.54, 1.807) is 6.92 Å². The molecule has 0 heterocycles. The number of hydrogen-bond donors (Lipinski definition) is 3. The van der Waals surface area contributed by atoms with Crippen LogP contribution in [0.2, 0.25) is 0 Å². The van der Waals surface area contributed by atoms with Crippen LogP contribution in [0.5, 0.6) is 0 Å². The van der Waals surface area contributed by atoms with Crippen LogP contribution in [0.3, 0.4) is 0 Å². The van der Waals surface area contributed by atoms with E-state index < -0.39 is 0 Å². The maximum atomic E-state index is 9.61. The molecule has 1 aliphatic rings. The minimum absolute atomic E-state index is 0.178. The minimum atomic E-state index is -0.242. The predicted molar refractivity (Wildman–Crippen MR) is 52.6 cm³/mol. The Morgan fingerprint density at radius 1 is 1.38 bits per heavy atom. The molecular weight excluding hydrogens is 166 g/mol. The lowest BCUT2D eigenvalue weighted by atomic mass is 9.92. The molecule has 3 nitrogen and oxygen atoms in total. The molecule has 0 spiro atoms. The first kappa shape index (κ1) is 11.0. The third-order valence-electron chi connectivity index (χ3n) is 2.70. The second-order valence-corrected chi connectivity index (χ2v) is 4.05. The van der Waals surface area contributed by atoms with E-state index >= 15 is 0 Å². The monoisotopic (exact) mass is 187 g/mol. The van der Waals surface area contributed by atoms with Crippen molar-refractivity contribution in [2.75, 3.05) is 6.54 Å². The predicted octanol–water partition coefficient (Wildman–Crippen LogP) is 0.650. The first-order chi connectivity index (χ1) is 6.20. The molecule has 0 aromatic carbocycles. The van der Waals surface area contributed by atoms with E-state index in [9.17, 15) is 5.11 Å². The van der Waals surface area contributed by atoms with Crippen molar-refractivity contribution in [2.45, 2.75) is 57.3 Å². The minimum Gasteiger partial charge on any atom is -0.393 e. The van der Waals surface area contributed by atoms with Gasteiger partial charge in [0.25, 0.3) is 0 Å². The lowest BCUT2D eigenvalue weighted by Gasteiger charge is -2.28. The molecule has 78 valence electrons. The standard InChI is InChI=1S/C10H21NO2/c1-8(12)6-7-11-9-4-2-3-5-10(9)13/h8-13H,2-7H2,1H3. The van der Waals surface area contributed by atoms with E-state index in [1.165, 1.54) is 6.42 Å². The largest absolute Gasteiger partial charge is 0.393 e. The van der Waals surface area contributed by atoms with Crippen molar-refractivity contribution in [3.05, 3.63) is 0 Å². The first-order valence-corrected chi connectivity index (χ1v) is 5.29. The Kier molecular flexibility index (Phi) is 4.70. The van der Waals surface area contributed by atoms with E-state index in [2.05, 4.69) is 5.32 Å². The van der Waals surface area contributed by atoms with Crippen molar-refractivity contribution in [1.29, 1.82) is 0 Å². The second kappa shape index (κ2) is 5.58. The average Bonchev–Trinajstić information content (AvgIpc) is 2.08. The summed E-state index contributed by atoms with van der Waals surface area (Å²) in [5.41, 5.74) is 0. The van der Waals surface area contributed by atoms with Crippen molar-refractivity contribution in [3.63, 3.8) is 0 Å². The molecule has 0 saturated heterocycles. The fourth-order valence-electron chi connectivity index (χ4n) is 1.83. The van der Waals surface area contributed by atoms with Gasteiger partial charge in [-0.1, -0.05) is 12.8 Å². The molecule has 0 bridgehead atoms. The average molecular weight is 187 g/mol. The number of aliphatic hydroxyl groups is 2. The number of hydrogen-bond acceptors (Lipinski definition) is 3. The molecule has 0 aliphatic heterocycles. The molecule has 13 heavy (non-hydrogen) atoms. The maximum absolute atomic E-state index is 9.61. The van der Waals surface area contributed by atoms with Crippen LogP contribution in [-0.4, -0.2) is 35.0 Å². The molecule has 0 amide bonds. The number of nitrogens with one attached hydrogen (secondary N) is 1. The van der Waals surface area contributed by atoms with Crippen LogP contribution in [0.1, 0.15) is 39.0 Å². The van der Waals surface area contributed by atoms with Crippen LogP contribution in [0, 0.1) is 0 Å². The summed E-state index contributed by atoms with van der Waals surface area (Å²) in [5, 5.41) is 21.9. The topological polar surface area (TPSA) is 52.5 Å². The highest BCUT2D eigenvalue weighted by Crippen LogP contribution is 2.18. The summed E-state index contributed by atoms with van der Waals surface area (Å²) in [6.07, 6.45) is 4.70. The van der Waals surface area contributed by atoms with Crippen molar-refractivity contribution in [1.82, 2.24) is 5.32 Å². The Bertz CT molecular complexity index is 139. The second-order valence-electron chi connectivity index (χ2n) is 4.05. The SMILES string of the molecule is CC(O)CCNC1CCCCC1O. The van der Waals surface area contributed by atoms with Gasteiger partial charge in [-0.25, -0.2) is 0 Å². The summed E-state index contributed by atoms with van der Waals surface area (Å²) >= 11 is 0. The van der Waals surface area contributed by atoms with E-state index in [0.29, 0.717) is 0 Å². The van der Waals surface area contributed by atoms with Gasteiger partial charge in [0.2, 0.25) is 0 Å². The van der Waals surface area contributed by atoms with E-state index in [4.69, 9.17) is 5.11 Å². The fourth-order valence-corrected chi connectivity index (χ4v) is 1.83. The molecular formula is C10H21NO2. The zero-order valence-corrected chi connectivity index (χ0v) is 8.37. The third kappa shape index (κ3) is 4.07. The normalized spacial score (nSPS) is 31.6. The molecule has 3 heteroatoms. The Morgan fingerprint density at radius 3 is 2.69 bits per heavy atom. The van der Waals surface area contributed by atoms with Crippen molar-refractivity contribution in [3.8, 4) is 0 Å². The highest BCUT2D eigenvalue weighted by molar-refractivity contribution is 4.80. The third-order valence-corrected chi connectivity index (χ3v) is 2.70. The Labute approximate surface area is 80.2 Å². The zero-order valence-electron chi connectivity index (χ0n) is 8.37. The van der Waals surface area contributed by atoms with Gasteiger partial charge >= 0.3 is 0 Å². The Hall–Kier alpha value is -0.120. The highest BCUT2D eigenvalue weighted by atomic mass is 16.3. The summed E-state index contributed by atoms with van der Waals surface area (Å²) in [5.74, 6) is 0. The number of rotatable bonds is 4. The Morgan fingerprint density at radius 2 is 2.08 bits per heavy atom. The summed E-state index contributed by atoms with van der Waals surface area (Å²) in [6.45, 7) is 2.60. The van der Waals surface area contributed by atoms with Crippen molar-refractivity contribution >= 4 is 0 Å². The van der Waals surface area contributed by atoms with Crippen LogP contribution in [0.4, 0.5) is 0 Å².